The number of hydrogen-bond acceptors (Lipinski definition) is 6. The molecule has 0 spiro atoms. The highest BCUT2D eigenvalue weighted by molar-refractivity contribution is 8.18. The molecular formula is C19H19N3O5S. The zero-order valence-corrected chi connectivity index (χ0v) is 15.9. The second kappa shape index (κ2) is 8.83. The van der Waals surface area contributed by atoms with Crippen LogP contribution in [0, 0.1) is 10.1 Å². The fourth-order valence-corrected chi connectivity index (χ4v) is 3.77. The van der Waals surface area contributed by atoms with Crippen LogP contribution < -0.4 is 0 Å². The summed E-state index contributed by atoms with van der Waals surface area (Å²) in [5, 5.41) is 10.2. The third kappa shape index (κ3) is 4.66. The number of hydrogen-bond donors (Lipinski definition) is 0. The Kier molecular flexibility index (Phi) is 6.25. The van der Waals surface area contributed by atoms with E-state index in [9.17, 15) is 24.5 Å². The zero-order chi connectivity index (χ0) is 20.1. The predicted octanol–water partition coefficient (Wildman–Crippen LogP) is 3.20. The van der Waals surface area contributed by atoms with Gasteiger partial charge in [-0.1, -0.05) is 12.2 Å². The van der Waals surface area contributed by atoms with E-state index in [0.29, 0.717) is 13.1 Å². The van der Waals surface area contributed by atoms with Gasteiger partial charge in [-0.15, -0.1) is 0 Å². The van der Waals surface area contributed by atoms with Gasteiger partial charge in [0, 0.05) is 25.2 Å². The normalized spacial score (nSPS) is 19.1. The fourth-order valence-electron chi connectivity index (χ4n) is 2.98. The molecule has 28 heavy (non-hydrogen) atoms. The molecule has 0 N–H and O–H groups in total. The summed E-state index contributed by atoms with van der Waals surface area (Å²) in [6.45, 7) is 1.11. The summed E-state index contributed by atoms with van der Waals surface area (Å²) in [6, 6.07) is 5.95. The van der Waals surface area contributed by atoms with Crippen molar-refractivity contribution in [3.8, 4) is 0 Å². The molecule has 1 aromatic carbocycles. The summed E-state index contributed by atoms with van der Waals surface area (Å²) in [6.07, 6.45) is 7.77. The van der Waals surface area contributed by atoms with Crippen LogP contribution in [-0.4, -0.2) is 51.4 Å². The molecule has 9 heteroatoms. The van der Waals surface area contributed by atoms with Crippen LogP contribution in [0.4, 0.5) is 10.5 Å². The molecule has 146 valence electrons. The Hall–Kier alpha value is -2.94. The van der Waals surface area contributed by atoms with Gasteiger partial charge in [-0.25, -0.2) is 0 Å². The van der Waals surface area contributed by atoms with Crippen molar-refractivity contribution in [1.82, 2.24) is 9.80 Å². The van der Waals surface area contributed by atoms with E-state index in [2.05, 4.69) is 0 Å². The zero-order valence-electron chi connectivity index (χ0n) is 15.1. The summed E-state index contributed by atoms with van der Waals surface area (Å²) in [5.41, 5.74) is 0.720. The van der Waals surface area contributed by atoms with Crippen LogP contribution in [0.2, 0.25) is 0 Å². The van der Waals surface area contributed by atoms with E-state index in [1.165, 1.54) is 18.2 Å². The largest absolute Gasteiger partial charge is 0.341 e. The number of thioether (sulfide) groups is 1. The van der Waals surface area contributed by atoms with Crippen molar-refractivity contribution in [3.63, 3.8) is 0 Å². The number of non-ortho nitro benzene ring substituents is 1. The lowest BCUT2D eigenvalue weighted by atomic mass is 10.1. The van der Waals surface area contributed by atoms with Crippen LogP contribution in [0.5, 0.6) is 0 Å². The maximum absolute atomic E-state index is 12.4. The third-order valence-corrected chi connectivity index (χ3v) is 5.44. The van der Waals surface area contributed by atoms with Crippen molar-refractivity contribution in [3.05, 3.63) is 57.0 Å². The first-order chi connectivity index (χ1) is 13.5. The monoisotopic (exact) mass is 401 g/mol. The smallest absolute Gasteiger partial charge is 0.294 e. The highest BCUT2D eigenvalue weighted by Crippen LogP contribution is 2.30. The molecule has 0 atom stereocenters. The summed E-state index contributed by atoms with van der Waals surface area (Å²) < 4.78 is 0. The van der Waals surface area contributed by atoms with Crippen LogP contribution in [0.15, 0.2) is 41.3 Å². The summed E-state index contributed by atoms with van der Waals surface area (Å²) in [5.74, 6) is -0.682. The average Bonchev–Trinajstić information content (AvgIpc) is 2.96. The second-order valence-electron chi connectivity index (χ2n) is 6.44. The number of piperidine rings is 1. The molecule has 2 saturated heterocycles. The molecule has 0 unspecified atom stereocenters. The van der Waals surface area contributed by atoms with Crippen molar-refractivity contribution in [2.45, 2.75) is 19.3 Å². The van der Waals surface area contributed by atoms with E-state index >= 15 is 0 Å². The molecule has 2 fully saturated rings. The molecule has 2 aliphatic rings. The number of imide groups is 1. The highest BCUT2D eigenvalue weighted by Gasteiger charge is 2.36. The number of nitro groups is 1. The van der Waals surface area contributed by atoms with Crippen LogP contribution in [0.1, 0.15) is 24.8 Å². The average molecular weight is 401 g/mol. The van der Waals surface area contributed by atoms with Gasteiger partial charge in [0.25, 0.3) is 16.8 Å². The molecule has 0 aliphatic carbocycles. The van der Waals surface area contributed by atoms with Gasteiger partial charge in [-0.2, -0.15) is 0 Å². The van der Waals surface area contributed by atoms with Gasteiger partial charge in [0.05, 0.1) is 9.83 Å². The lowest BCUT2D eigenvalue weighted by Crippen LogP contribution is -2.44. The van der Waals surface area contributed by atoms with Crippen LogP contribution in [-0.2, 0) is 9.59 Å². The lowest BCUT2D eigenvalue weighted by molar-refractivity contribution is -0.384. The van der Waals surface area contributed by atoms with Gasteiger partial charge >= 0.3 is 0 Å². The van der Waals surface area contributed by atoms with E-state index < -0.39 is 16.1 Å². The van der Waals surface area contributed by atoms with Gasteiger partial charge in [-0.05, 0) is 54.8 Å². The van der Waals surface area contributed by atoms with Crippen molar-refractivity contribution >= 4 is 40.6 Å². The number of amides is 3. The first-order valence-corrected chi connectivity index (χ1v) is 9.71. The Labute approximate surface area is 166 Å². The Morgan fingerprint density at radius 3 is 2.46 bits per heavy atom. The number of rotatable bonds is 5. The van der Waals surface area contributed by atoms with Crippen molar-refractivity contribution < 1.29 is 19.3 Å². The third-order valence-electron chi connectivity index (χ3n) is 4.52. The fraction of sp³-hybridized carbons (Fsp3) is 0.316. The van der Waals surface area contributed by atoms with Crippen molar-refractivity contribution in [2.24, 2.45) is 0 Å². The molecule has 2 aliphatic heterocycles. The molecule has 3 amide bonds. The molecule has 3 rings (SSSR count). The topological polar surface area (TPSA) is 101 Å². The molecule has 0 radical (unpaired) electrons. The SMILES string of the molecule is O=C(CN1C(=O)S/C(=C\C=C\c2ccc([N+](=O)[O-])cc2)C1=O)N1CCCCC1. The van der Waals surface area contributed by atoms with Gasteiger partial charge in [-0.3, -0.25) is 29.4 Å². The number of likely N-dealkylation sites (tertiary alicyclic amines) is 1. The van der Waals surface area contributed by atoms with Crippen LogP contribution in [0.3, 0.4) is 0 Å². The quantitative estimate of drug-likeness (QED) is 0.427. The van der Waals surface area contributed by atoms with E-state index in [1.54, 1.807) is 29.2 Å². The standard InChI is InChI=1S/C19H19N3O5S/c23-17(20-11-2-1-3-12-20)13-21-18(24)16(28-19(21)25)6-4-5-14-7-9-15(10-8-14)22(26)27/h4-10H,1-3,11-13H2/b5-4+,16-6-. The maximum Gasteiger partial charge on any atom is 0.294 e. The minimum atomic E-state index is -0.478. The first kappa shape index (κ1) is 19.8. The number of benzene rings is 1. The number of allylic oxidation sites excluding steroid dienone is 2. The molecule has 0 saturated carbocycles. The lowest BCUT2D eigenvalue weighted by Gasteiger charge is -2.27. The number of nitro benzene ring substituents is 1. The number of nitrogens with zero attached hydrogens (tertiary/aromatic N) is 3. The Morgan fingerprint density at radius 1 is 1.14 bits per heavy atom. The van der Waals surface area contributed by atoms with Gasteiger partial charge in [0.2, 0.25) is 5.91 Å². The van der Waals surface area contributed by atoms with Gasteiger partial charge in [0.1, 0.15) is 6.54 Å². The predicted molar refractivity (Wildman–Crippen MR) is 105 cm³/mol. The van der Waals surface area contributed by atoms with Crippen molar-refractivity contribution in [1.29, 1.82) is 0 Å². The minimum Gasteiger partial charge on any atom is -0.341 e. The van der Waals surface area contributed by atoms with Gasteiger partial charge < -0.3 is 4.90 Å². The molecule has 0 bridgehead atoms. The Morgan fingerprint density at radius 2 is 1.82 bits per heavy atom. The van der Waals surface area contributed by atoms with E-state index in [-0.39, 0.29) is 23.0 Å². The Bertz CT molecular complexity index is 857. The maximum atomic E-state index is 12.4. The van der Waals surface area contributed by atoms with E-state index in [0.717, 1.165) is 41.5 Å². The van der Waals surface area contributed by atoms with Crippen LogP contribution >= 0.6 is 11.8 Å². The highest BCUT2D eigenvalue weighted by atomic mass is 32.2. The molecular weight excluding hydrogens is 382 g/mol. The first-order valence-electron chi connectivity index (χ1n) is 8.90. The number of carbonyl (C=O) groups is 3. The summed E-state index contributed by atoms with van der Waals surface area (Å²) in [7, 11) is 0. The molecule has 0 aromatic heterocycles. The van der Waals surface area contributed by atoms with Gasteiger partial charge in [0.15, 0.2) is 0 Å². The molecule has 8 nitrogen and oxygen atoms in total. The summed E-state index contributed by atoms with van der Waals surface area (Å²) in [4.78, 5) is 50.0. The van der Waals surface area contributed by atoms with E-state index in [4.69, 9.17) is 0 Å². The number of carbonyl (C=O) groups excluding carboxylic acids is 3. The minimum absolute atomic E-state index is 0.00311. The van der Waals surface area contributed by atoms with Crippen molar-refractivity contribution in [2.75, 3.05) is 19.6 Å². The second-order valence-corrected chi connectivity index (χ2v) is 7.43. The Balaban J connectivity index is 1.61. The molecule has 1 aromatic rings. The van der Waals surface area contributed by atoms with E-state index in [1.807, 2.05) is 0 Å². The van der Waals surface area contributed by atoms with Crippen LogP contribution in [0.25, 0.3) is 6.08 Å². The summed E-state index contributed by atoms with van der Waals surface area (Å²) >= 11 is 0.799. The molecule has 2 heterocycles.